The summed E-state index contributed by atoms with van der Waals surface area (Å²) in [7, 11) is 0. The minimum atomic E-state index is -0.133. The predicted molar refractivity (Wildman–Crippen MR) is 205 cm³/mol. The third-order valence-corrected chi connectivity index (χ3v) is 12.6. The van der Waals surface area contributed by atoms with Crippen LogP contribution in [0.1, 0.15) is 54.4 Å². The van der Waals surface area contributed by atoms with E-state index in [1.165, 1.54) is 101 Å². The van der Waals surface area contributed by atoms with Gasteiger partial charge in [0.15, 0.2) is 6.20 Å². The van der Waals surface area contributed by atoms with Gasteiger partial charge in [0.1, 0.15) is 11.2 Å². The summed E-state index contributed by atoms with van der Waals surface area (Å²) in [5.74, 6) is 0.899. The number of nitrogens with zero attached hydrogens (tertiary/aromatic N) is 2. The zero-order valence-corrected chi connectivity index (χ0v) is 28.2. The van der Waals surface area contributed by atoms with Gasteiger partial charge >= 0.3 is 0 Å². The Morgan fingerprint density at radius 3 is 2.54 bits per heavy atom. The van der Waals surface area contributed by atoms with Crippen molar-refractivity contribution >= 4 is 65.6 Å². The highest BCUT2D eigenvalue weighted by Gasteiger charge is 2.77. The van der Waals surface area contributed by atoms with E-state index in [-0.39, 0.29) is 5.54 Å². The first-order valence-corrected chi connectivity index (χ1v) is 18.2. The Kier molecular flexibility index (Phi) is 5.06. The Hall–Kier alpha value is -5.67. The average Bonchev–Trinajstić information content (AvgIpc) is 3.41. The van der Waals surface area contributed by atoms with E-state index in [1.807, 2.05) is 0 Å². The lowest BCUT2D eigenvalue weighted by atomic mass is 9.91. The molecule has 3 atom stereocenters. The monoisotopic (exact) mass is 643 g/mol. The average molecular weight is 644 g/mol. The molecule has 0 amide bonds. The molecule has 3 aliphatic rings. The lowest BCUT2D eigenvalue weighted by Crippen LogP contribution is -2.47. The highest BCUT2D eigenvalue weighted by Crippen LogP contribution is 2.70. The molecule has 0 bridgehead atoms. The molecule has 1 saturated carbocycles. The molecule has 1 spiro atoms. The molecule has 12 rings (SSSR count). The first-order chi connectivity index (χ1) is 24.6. The smallest absolute Gasteiger partial charge is 0.213 e. The zero-order valence-electron chi connectivity index (χ0n) is 28.2. The number of hydrogen-bond acceptors (Lipinski definition) is 1. The molecule has 238 valence electrons. The van der Waals surface area contributed by atoms with Crippen molar-refractivity contribution < 1.29 is 8.98 Å². The van der Waals surface area contributed by atoms with Gasteiger partial charge in [-0.25, -0.2) is 0 Å². The van der Waals surface area contributed by atoms with Crippen LogP contribution in [0.5, 0.6) is 0 Å². The summed E-state index contributed by atoms with van der Waals surface area (Å²) in [6, 6.07) is 38.9. The van der Waals surface area contributed by atoms with Crippen LogP contribution in [0.3, 0.4) is 0 Å². The Labute approximate surface area is 289 Å². The van der Waals surface area contributed by atoms with Crippen LogP contribution in [0.2, 0.25) is 0 Å². The summed E-state index contributed by atoms with van der Waals surface area (Å²) in [6.07, 6.45) is 12.9. The maximum Gasteiger partial charge on any atom is 0.213 e. The third kappa shape index (κ3) is 3.16. The highest BCUT2D eigenvalue weighted by molar-refractivity contribution is 6.33. The van der Waals surface area contributed by atoms with Crippen LogP contribution >= 0.6 is 0 Å². The lowest BCUT2D eigenvalue weighted by Gasteiger charge is -2.14. The van der Waals surface area contributed by atoms with Crippen LogP contribution in [-0.2, 0) is 5.54 Å². The summed E-state index contributed by atoms with van der Waals surface area (Å²) < 4.78 is 11.9. The van der Waals surface area contributed by atoms with Gasteiger partial charge in [0.25, 0.3) is 0 Å². The normalized spacial score (nSPS) is 23.0. The molecule has 9 aromatic rings. The number of hydrogen-bond donors (Lipinski definition) is 0. The largest absolute Gasteiger partial charge is 0.455 e. The molecule has 1 aliphatic heterocycles. The van der Waals surface area contributed by atoms with Crippen molar-refractivity contribution in [2.24, 2.45) is 5.92 Å². The van der Waals surface area contributed by atoms with Crippen LogP contribution in [0.4, 0.5) is 0 Å². The fraction of sp³-hybridized carbons (Fsp3) is 0.170. The first kappa shape index (κ1) is 27.2. The number of furan rings is 1. The predicted octanol–water partition coefficient (Wildman–Crippen LogP) is 11.6. The van der Waals surface area contributed by atoms with E-state index in [0.29, 0.717) is 11.8 Å². The number of para-hydroxylation sites is 2. The number of rotatable bonds is 0. The SMILES string of the molecule is C/C1=C\C=C/CCCC2C(c3ccccc31)C21c2cc3c(cc2-c2ccc(C)c[n+]21)c1cc2c4ccccc4oc2c2c4ccccc4n3c12. The Balaban J connectivity index is 1.22. The van der Waals surface area contributed by atoms with Crippen LogP contribution in [0, 0.1) is 12.8 Å². The van der Waals surface area contributed by atoms with Gasteiger partial charge in [0, 0.05) is 50.0 Å². The van der Waals surface area contributed by atoms with Crippen molar-refractivity contribution in [1.82, 2.24) is 4.40 Å². The number of benzene rings is 5. The van der Waals surface area contributed by atoms with Gasteiger partial charge in [-0.3, -0.25) is 0 Å². The number of pyridine rings is 1. The zero-order chi connectivity index (χ0) is 32.9. The van der Waals surface area contributed by atoms with Gasteiger partial charge in [-0.2, -0.15) is 4.57 Å². The van der Waals surface area contributed by atoms with Gasteiger partial charge in [0.2, 0.25) is 11.2 Å². The van der Waals surface area contributed by atoms with Gasteiger partial charge in [0.05, 0.1) is 33.4 Å². The van der Waals surface area contributed by atoms with Crippen LogP contribution < -0.4 is 4.57 Å². The Morgan fingerprint density at radius 2 is 1.60 bits per heavy atom. The van der Waals surface area contributed by atoms with E-state index < -0.39 is 0 Å². The van der Waals surface area contributed by atoms with Crippen molar-refractivity contribution in [3.05, 3.63) is 150 Å². The lowest BCUT2D eigenvalue weighted by molar-refractivity contribution is -0.718. The minimum Gasteiger partial charge on any atom is -0.455 e. The summed E-state index contributed by atoms with van der Waals surface area (Å²) in [5.41, 5.74) is 15.3. The molecule has 5 aromatic carbocycles. The molecule has 3 heteroatoms. The summed E-state index contributed by atoms with van der Waals surface area (Å²) in [6.45, 7) is 4.53. The summed E-state index contributed by atoms with van der Waals surface area (Å²) in [4.78, 5) is 0. The highest BCUT2D eigenvalue weighted by atomic mass is 16.3. The number of aryl methyl sites for hydroxylation is 1. The number of fused-ring (bicyclic) bond motifs is 20. The molecule has 5 heterocycles. The van der Waals surface area contributed by atoms with Crippen molar-refractivity contribution in [1.29, 1.82) is 0 Å². The van der Waals surface area contributed by atoms with Gasteiger partial charge in [-0.05, 0) is 86.2 Å². The summed E-state index contributed by atoms with van der Waals surface area (Å²) in [5, 5.41) is 7.47. The van der Waals surface area contributed by atoms with Crippen molar-refractivity contribution in [3.63, 3.8) is 0 Å². The van der Waals surface area contributed by atoms with Gasteiger partial charge < -0.3 is 8.82 Å². The first-order valence-electron chi connectivity index (χ1n) is 18.2. The Morgan fingerprint density at radius 1 is 0.760 bits per heavy atom. The molecule has 4 aromatic heterocycles. The van der Waals surface area contributed by atoms with E-state index in [9.17, 15) is 0 Å². The topological polar surface area (TPSA) is 21.4 Å². The molecule has 3 unspecified atom stereocenters. The van der Waals surface area contributed by atoms with E-state index in [1.54, 1.807) is 0 Å². The van der Waals surface area contributed by atoms with E-state index in [0.717, 1.165) is 17.6 Å². The maximum atomic E-state index is 6.68. The van der Waals surface area contributed by atoms with Crippen LogP contribution in [-0.4, -0.2) is 4.40 Å². The van der Waals surface area contributed by atoms with E-state index in [4.69, 9.17) is 4.42 Å². The second-order valence-electron chi connectivity index (χ2n) is 15.1. The second-order valence-corrected chi connectivity index (χ2v) is 15.1. The molecular formula is C47H35N2O+. The second kappa shape index (κ2) is 9.31. The van der Waals surface area contributed by atoms with Gasteiger partial charge in [-0.15, -0.1) is 0 Å². The fourth-order valence-corrected chi connectivity index (χ4v) is 10.5. The summed E-state index contributed by atoms with van der Waals surface area (Å²) >= 11 is 0. The van der Waals surface area contributed by atoms with Crippen LogP contribution in [0.25, 0.3) is 76.9 Å². The number of aromatic nitrogens is 2. The third-order valence-electron chi connectivity index (χ3n) is 12.6. The van der Waals surface area contributed by atoms with E-state index in [2.05, 4.69) is 150 Å². The maximum absolute atomic E-state index is 6.68. The molecule has 50 heavy (non-hydrogen) atoms. The quantitative estimate of drug-likeness (QED) is 0.151. The molecule has 2 aliphatic carbocycles. The Bertz CT molecular complexity index is 3010. The molecule has 0 saturated heterocycles. The standard InChI is InChI=1S/C47H35N2O/c1-27-21-22-39-36-23-33-34-24-35-30-15-10-12-20-42(30)50-46(35)43-32-17-9-11-19-40(32)49(45(34)43)41(33)25-38(36)47(48(39)26-27)37-18-6-4-3-5-13-28(2)29-14-7-8-16-31(29)44(37)47/h3,5,7-17,19-26,37,44H,4,6,18H2,1-2H3/q+1/b5-3-,28-13+. The van der Waals surface area contributed by atoms with Crippen molar-refractivity contribution in [2.75, 3.05) is 0 Å². The molecule has 1 fully saturated rings. The van der Waals surface area contributed by atoms with E-state index >= 15 is 0 Å². The molecule has 0 radical (unpaired) electrons. The molecular weight excluding hydrogens is 609 g/mol. The fourth-order valence-electron chi connectivity index (χ4n) is 10.5. The van der Waals surface area contributed by atoms with Crippen LogP contribution in [0.15, 0.2) is 132 Å². The molecule has 3 nitrogen and oxygen atoms in total. The van der Waals surface area contributed by atoms with Crippen molar-refractivity contribution in [3.8, 4) is 11.3 Å². The minimum absolute atomic E-state index is 0.133. The van der Waals surface area contributed by atoms with Gasteiger partial charge in [-0.1, -0.05) is 78.9 Å². The molecule has 0 N–H and O–H groups in total. The number of allylic oxidation sites excluding steroid dienone is 4. The van der Waals surface area contributed by atoms with Crippen molar-refractivity contribution in [2.45, 2.75) is 44.6 Å².